The molecule has 3 aliphatic heterocycles. The third-order valence-corrected chi connectivity index (χ3v) is 8.22. The SMILES string of the molecule is C[C@@H](O)[C@H]1C(=O)N2C(C(=O)OP)=C(S[C@H]3C[C@@H](CN[SH](=O)=O)N(C(=O)OP)C3)[C@H](C)[C@H]12. The van der Waals surface area contributed by atoms with Crippen LogP contribution in [0.15, 0.2) is 10.6 Å². The lowest BCUT2D eigenvalue weighted by molar-refractivity contribution is -0.162. The Kier molecular flexibility index (Phi) is 7.87. The maximum atomic E-state index is 12.6. The van der Waals surface area contributed by atoms with Gasteiger partial charge in [0.1, 0.15) is 5.70 Å². The van der Waals surface area contributed by atoms with Gasteiger partial charge in [-0.1, -0.05) is 6.92 Å². The minimum atomic E-state index is -2.81. The van der Waals surface area contributed by atoms with E-state index in [1.54, 1.807) is 6.92 Å². The van der Waals surface area contributed by atoms with E-state index in [9.17, 15) is 27.9 Å². The van der Waals surface area contributed by atoms with Crippen LogP contribution in [-0.2, 0) is 29.5 Å². The molecule has 0 bridgehead atoms. The highest BCUT2D eigenvalue weighted by molar-refractivity contribution is 8.03. The number of thioether (sulfide) groups is 1. The molecule has 0 saturated carbocycles. The van der Waals surface area contributed by atoms with Crippen molar-refractivity contribution >= 4 is 59.6 Å². The lowest BCUT2D eigenvalue weighted by Gasteiger charge is -2.46. The molecule has 3 rings (SSSR count). The molecule has 174 valence electrons. The third kappa shape index (κ3) is 4.58. The molecule has 2 N–H and O–H groups in total. The Balaban J connectivity index is 1.84. The molecular formula is C16H25N3O8P2S2. The Morgan fingerprint density at radius 2 is 2.03 bits per heavy atom. The summed E-state index contributed by atoms with van der Waals surface area (Å²) < 4.78 is 33.7. The van der Waals surface area contributed by atoms with Crippen LogP contribution in [0.5, 0.6) is 0 Å². The zero-order valence-electron chi connectivity index (χ0n) is 16.8. The van der Waals surface area contributed by atoms with Gasteiger partial charge in [-0.25, -0.2) is 22.7 Å². The van der Waals surface area contributed by atoms with E-state index in [0.717, 1.165) is 0 Å². The summed E-state index contributed by atoms with van der Waals surface area (Å²) in [5.74, 6) is -1.80. The number of aliphatic hydroxyl groups excluding tert-OH is 1. The van der Waals surface area contributed by atoms with Crippen molar-refractivity contribution in [2.75, 3.05) is 13.1 Å². The van der Waals surface area contributed by atoms with E-state index in [1.807, 2.05) is 25.9 Å². The van der Waals surface area contributed by atoms with E-state index in [4.69, 9.17) is 9.05 Å². The quantitative estimate of drug-likeness (QED) is 0.236. The second kappa shape index (κ2) is 9.89. The van der Waals surface area contributed by atoms with Crippen molar-refractivity contribution in [1.29, 1.82) is 0 Å². The minimum absolute atomic E-state index is 0.0436. The Morgan fingerprint density at radius 1 is 1.35 bits per heavy atom. The van der Waals surface area contributed by atoms with Gasteiger partial charge in [-0.15, -0.1) is 11.8 Å². The number of rotatable bonds is 7. The van der Waals surface area contributed by atoms with E-state index in [1.165, 1.54) is 21.6 Å². The highest BCUT2D eigenvalue weighted by Gasteiger charge is 2.60. The first-order valence-corrected chi connectivity index (χ1v) is 12.5. The summed E-state index contributed by atoms with van der Waals surface area (Å²) in [6, 6.07) is -0.762. The maximum absolute atomic E-state index is 12.6. The molecule has 2 amide bonds. The van der Waals surface area contributed by atoms with Crippen LogP contribution in [-0.4, -0.2) is 77.8 Å². The van der Waals surface area contributed by atoms with Crippen LogP contribution in [0.1, 0.15) is 20.3 Å². The summed E-state index contributed by atoms with van der Waals surface area (Å²) in [6.45, 7) is 3.75. The van der Waals surface area contributed by atoms with Crippen molar-refractivity contribution in [2.24, 2.45) is 11.8 Å². The van der Waals surface area contributed by atoms with Gasteiger partial charge in [0.05, 0.1) is 37.0 Å². The summed E-state index contributed by atoms with van der Waals surface area (Å²) in [6.07, 6.45) is -0.997. The van der Waals surface area contributed by atoms with Gasteiger partial charge in [0.15, 0.2) is 0 Å². The van der Waals surface area contributed by atoms with Gasteiger partial charge in [0.2, 0.25) is 16.8 Å². The summed E-state index contributed by atoms with van der Waals surface area (Å²) in [5.41, 5.74) is 0.156. The van der Waals surface area contributed by atoms with Gasteiger partial charge in [-0.2, -0.15) is 0 Å². The fourth-order valence-corrected chi connectivity index (χ4v) is 6.70. The third-order valence-electron chi connectivity index (χ3n) is 5.87. The molecule has 0 aliphatic carbocycles. The van der Waals surface area contributed by atoms with Crippen LogP contribution in [0.2, 0.25) is 0 Å². The van der Waals surface area contributed by atoms with Crippen LogP contribution in [0.4, 0.5) is 4.79 Å². The van der Waals surface area contributed by atoms with E-state index in [-0.39, 0.29) is 41.9 Å². The van der Waals surface area contributed by atoms with Crippen molar-refractivity contribution in [3.63, 3.8) is 0 Å². The van der Waals surface area contributed by atoms with Gasteiger partial charge < -0.3 is 24.0 Å². The number of likely N-dealkylation sites (tertiary alicyclic amines) is 1. The molecule has 11 nitrogen and oxygen atoms in total. The molecule has 31 heavy (non-hydrogen) atoms. The predicted molar refractivity (Wildman–Crippen MR) is 119 cm³/mol. The Morgan fingerprint density at radius 3 is 2.58 bits per heavy atom. The average Bonchev–Trinajstić information content (AvgIpc) is 3.22. The van der Waals surface area contributed by atoms with Crippen molar-refractivity contribution in [2.45, 2.75) is 43.7 Å². The van der Waals surface area contributed by atoms with Gasteiger partial charge >= 0.3 is 12.1 Å². The molecule has 3 aliphatic rings. The molecule has 2 unspecified atom stereocenters. The van der Waals surface area contributed by atoms with Gasteiger partial charge in [0, 0.05) is 35.2 Å². The molecule has 8 atom stereocenters. The molecule has 15 heteroatoms. The predicted octanol–water partition coefficient (Wildman–Crippen LogP) is -0.392. The summed E-state index contributed by atoms with van der Waals surface area (Å²) >= 11 is 1.37. The van der Waals surface area contributed by atoms with E-state index < -0.39 is 41.0 Å². The zero-order chi connectivity index (χ0) is 23.0. The number of amides is 2. The Bertz CT molecular complexity index is 875. The monoisotopic (exact) mass is 513 g/mol. The molecule has 0 aromatic heterocycles. The molecule has 3 heterocycles. The smallest absolute Gasteiger partial charge is 0.412 e. The first-order valence-electron chi connectivity index (χ1n) is 9.50. The number of aliphatic hydroxyl groups is 1. The molecule has 0 aromatic carbocycles. The average molecular weight is 513 g/mol. The lowest BCUT2D eigenvalue weighted by atomic mass is 9.79. The summed E-state index contributed by atoms with van der Waals surface area (Å²) in [5, 5.41) is 9.85. The number of β-lactam (4-membered cyclic amide) rings is 1. The number of fused-ring (bicyclic) bond motifs is 1. The molecular weight excluding hydrogens is 488 g/mol. The topological polar surface area (TPSA) is 143 Å². The van der Waals surface area contributed by atoms with Gasteiger partial charge in [0.25, 0.3) is 0 Å². The maximum Gasteiger partial charge on any atom is 0.412 e. The number of carbonyl (C=O) groups excluding carboxylic acids is 3. The number of hydrogen-bond acceptors (Lipinski definition) is 9. The van der Waals surface area contributed by atoms with Crippen LogP contribution >= 0.6 is 30.7 Å². The van der Waals surface area contributed by atoms with E-state index in [2.05, 4.69) is 4.72 Å². The van der Waals surface area contributed by atoms with Gasteiger partial charge in [-0.3, -0.25) is 4.79 Å². The molecule has 0 spiro atoms. The number of nitrogens with zero attached hydrogens (tertiary/aromatic N) is 2. The Labute approximate surface area is 190 Å². The first kappa shape index (κ1) is 24.7. The molecule has 0 radical (unpaired) electrons. The largest absolute Gasteiger partial charge is 0.447 e. The highest BCUT2D eigenvalue weighted by atomic mass is 32.2. The van der Waals surface area contributed by atoms with Crippen molar-refractivity contribution < 1.29 is 37.0 Å². The second-order valence-corrected chi connectivity index (χ2v) is 10.3. The normalized spacial score (nSPS) is 31.0. The standard InChI is InChI=1S/C16H25N3O8P2S2/c1-6-11-10(7(2)20)14(21)19(11)12(15(22)26-28)13(6)30-9-3-8(4-17-31(24)25)18(5-9)16(23)27-29/h6-11,20,31H,3-5,28-29H2,1-2H3,(H,17,24,25)/t6-,7-,8+,9+,10-,11-/m1/s1. The van der Waals surface area contributed by atoms with Crippen LogP contribution in [0, 0.1) is 11.8 Å². The minimum Gasteiger partial charge on any atom is -0.447 e. The fourth-order valence-electron chi connectivity index (χ4n) is 4.53. The number of nitrogens with one attached hydrogen (secondary N) is 1. The zero-order valence-corrected chi connectivity index (χ0v) is 20.8. The van der Waals surface area contributed by atoms with Crippen molar-refractivity contribution in [1.82, 2.24) is 14.5 Å². The van der Waals surface area contributed by atoms with E-state index >= 15 is 0 Å². The van der Waals surface area contributed by atoms with Crippen LogP contribution in [0.3, 0.4) is 0 Å². The molecule has 2 fully saturated rings. The second-order valence-electron chi connectivity index (χ2n) is 7.66. The van der Waals surface area contributed by atoms with Crippen LogP contribution in [0.25, 0.3) is 0 Å². The lowest BCUT2D eigenvalue weighted by Crippen LogP contribution is -2.63. The summed E-state index contributed by atoms with van der Waals surface area (Å²) in [4.78, 5) is 40.7. The first-order chi connectivity index (χ1) is 14.6. The number of hydrogen-bond donors (Lipinski definition) is 3. The Hall–Kier alpha value is -0.970. The van der Waals surface area contributed by atoms with Crippen molar-refractivity contribution in [3.05, 3.63) is 10.6 Å². The fraction of sp³-hybridized carbons (Fsp3) is 0.688. The van der Waals surface area contributed by atoms with E-state index in [0.29, 0.717) is 11.3 Å². The summed E-state index contributed by atoms with van der Waals surface area (Å²) in [7, 11) is 0.947. The van der Waals surface area contributed by atoms with Crippen LogP contribution < -0.4 is 4.72 Å². The molecule has 2 saturated heterocycles. The number of carbonyl (C=O) groups is 3. The van der Waals surface area contributed by atoms with Crippen molar-refractivity contribution in [3.8, 4) is 0 Å². The number of thiol groups is 1. The van der Waals surface area contributed by atoms with Gasteiger partial charge in [-0.05, 0) is 13.3 Å². The highest BCUT2D eigenvalue weighted by Crippen LogP contribution is 2.52. The molecule has 0 aromatic rings.